The first-order chi connectivity index (χ1) is 11.8. The first-order valence-corrected chi connectivity index (χ1v) is 10.3. The zero-order valence-corrected chi connectivity index (χ0v) is 16.1. The third-order valence-electron chi connectivity index (χ3n) is 5.12. The minimum absolute atomic E-state index is 0.00307. The van der Waals surface area contributed by atoms with Crippen molar-refractivity contribution in [3.8, 4) is 0 Å². The van der Waals surface area contributed by atoms with Crippen molar-refractivity contribution in [1.82, 2.24) is 9.21 Å². The molecule has 7 heteroatoms. The van der Waals surface area contributed by atoms with Crippen molar-refractivity contribution in [3.63, 3.8) is 0 Å². The summed E-state index contributed by atoms with van der Waals surface area (Å²) in [7, 11) is -1.78. The molecule has 25 heavy (non-hydrogen) atoms. The number of benzene rings is 1. The highest BCUT2D eigenvalue weighted by atomic mass is 32.2. The van der Waals surface area contributed by atoms with Gasteiger partial charge in [0.25, 0.3) is 0 Å². The highest BCUT2D eigenvalue weighted by Crippen LogP contribution is 2.30. The van der Waals surface area contributed by atoms with E-state index in [0.717, 1.165) is 37.3 Å². The zero-order valence-electron chi connectivity index (χ0n) is 15.2. The fraction of sp³-hybridized carbons (Fsp3) is 0.611. The lowest BCUT2D eigenvalue weighted by Gasteiger charge is -2.34. The first kappa shape index (κ1) is 18.4. The Balaban J connectivity index is 1.69. The van der Waals surface area contributed by atoms with E-state index in [1.165, 1.54) is 0 Å². The highest BCUT2D eigenvalue weighted by Gasteiger charge is 2.31. The maximum absolute atomic E-state index is 12.9. The van der Waals surface area contributed by atoms with Crippen LogP contribution in [0, 0.1) is 5.92 Å². The lowest BCUT2D eigenvalue weighted by molar-refractivity contribution is -0.117. The molecule has 0 spiro atoms. The Morgan fingerprint density at radius 2 is 1.80 bits per heavy atom. The molecule has 0 atom stereocenters. The van der Waals surface area contributed by atoms with Crippen LogP contribution in [0.1, 0.15) is 25.8 Å². The summed E-state index contributed by atoms with van der Waals surface area (Å²) in [4.78, 5) is 16.0. The molecule has 1 saturated heterocycles. The standard InChI is InChI=1S/C18H27N3O3S/c1-14(2)6-7-20-8-10-21(11-9-20)25(23,24)16-4-5-17-15(12-16)13-18(22)19(17)3/h4-5,12,14H,6-11,13H2,1-3H3. The molecule has 1 aromatic carbocycles. The Bertz CT molecular complexity index is 753. The van der Waals surface area contributed by atoms with Crippen LogP contribution in [-0.4, -0.2) is 63.3 Å². The fourth-order valence-corrected chi connectivity index (χ4v) is 4.86. The van der Waals surface area contributed by atoms with E-state index in [2.05, 4.69) is 18.7 Å². The van der Waals surface area contributed by atoms with Crippen molar-refractivity contribution < 1.29 is 13.2 Å². The van der Waals surface area contributed by atoms with Gasteiger partial charge in [0.1, 0.15) is 0 Å². The second kappa shape index (κ2) is 7.05. The number of nitrogens with zero attached hydrogens (tertiary/aromatic N) is 3. The van der Waals surface area contributed by atoms with Crippen LogP contribution in [-0.2, 0) is 21.2 Å². The number of amides is 1. The number of fused-ring (bicyclic) bond motifs is 1. The van der Waals surface area contributed by atoms with E-state index >= 15 is 0 Å². The van der Waals surface area contributed by atoms with Gasteiger partial charge in [-0.3, -0.25) is 4.79 Å². The normalized spacial score (nSPS) is 19.7. The summed E-state index contributed by atoms with van der Waals surface area (Å²) in [5.74, 6) is 0.664. The van der Waals surface area contributed by atoms with Crippen LogP contribution in [0.15, 0.2) is 23.1 Å². The van der Waals surface area contributed by atoms with E-state index in [0.29, 0.717) is 23.9 Å². The summed E-state index contributed by atoms with van der Waals surface area (Å²) in [6.07, 6.45) is 1.41. The monoisotopic (exact) mass is 365 g/mol. The van der Waals surface area contributed by atoms with Crippen LogP contribution in [0.25, 0.3) is 0 Å². The molecule has 0 aliphatic carbocycles. The SMILES string of the molecule is CC(C)CCN1CCN(S(=O)(=O)c2ccc3c(c2)CC(=O)N3C)CC1. The van der Waals surface area contributed by atoms with Gasteiger partial charge in [0, 0.05) is 38.9 Å². The maximum Gasteiger partial charge on any atom is 0.243 e. The molecule has 0 radical (unpaired) electrons. The van der Waals surface area contributed by atoms with Gasteiger partial charge in [-0.25, -0.2) is 8.42 Å². The minimum atomic E-state index is -3.50. The van der Waals surface area contributed by atoms with Gasteiger partial charge < -0.3 is 9.80 Å². The summed E-state index contributed by atoms with van der Waals surface area (Å²) in [5, 5.41) is 0. The van der Waals surface area contributed by atoms with Gasteiger partial charge in [0.15, 0.2) is 0 Å². The van der Waals surface area contributed by atoms with Crippen LogP contribution in [0.2, 0.25) is 0 Å². The minimum Gasteiger partial charge on any atom is -0.315 e. The second-order valence-corrected chi connectivity index (χ2v) is 9.29. The summed E-state index contributed by atoms with van der Waals surface area (Å²) in [5.41, 5.74) is 1.60. The molecule has 138 valence electrons. The van der Waals surface area contributed by atoms with Crippen LogP contribution in [0.5, 0.6) is 0 Å². The average Bonchev–Trinajstić information content (AvgIpc) is 2.87. The van der Waals surface area contributed by atoms with E-state index in [1.54, 1.807) is 34.5 Å². The van der Waals surface area contributed by atoms with Crippen molar-refractivity contribution in [3.05, 3.63) is 23.8 Å². The van der Waals surface area contributed by atoms with Crippen molar-refractivity contribution >= 4 is 21.6 Å². The largest absolute Gasteiger partial charge is 0.315 e. The molecular formula is C18H27N3O3S. The lowest BCUT2D eigenvalue weighted by atomic mass is 10.1. The number of carbonyl (C=O) groups is 1. The second-order valence-electron chi connectivity index (χ2n) is 7.35. The molecule has 1 amide bonds. The molecule has 0 N–H and O–H groups in total. The Kier molecular flexibility index (Phi) is 5.18. The molecule has 1 fully saturated rings. The van der Waals surface area contributed by atoms with E-state index in [9.17, 15) is 13.2 Å². The van der Waals surface area contributed by atoms with Crippen LogP contribution in [0.3, 0.4) is 0 Å². The Hall–Kier alpha value is -1.44. The van der Waals surface area contributed by atoms with Crippen molar-refractivity contribution in [2.75, 3.05) is 44.7 Å². The lowest BCUT2D eigenvalue weighted by Crippen LogP contribution is -2.48. The summed E-state index contributed by atoms with van der Waals surface area (Å²) < 4.78 is 27.4. The number of anilines is 1. The van der Waals surface area contributed by atoms with Crippen molar-refractivity contribution in [2.24, 2.45) is 5.92 Å². The maximum atomic E-state index is 12.9. The molecule has 0 bridgehead atoms. The molecule has 2 aliphatic rings. The number of rotatable bonds is 5. The molecule has 0 unspecified atom stereocenters. The number of sulfonamides is 1. The zero-order chi connectivity index (χ0) is 18.2. The third-order valence-corrected chi connectivity index (χ3v) is 7.01. The van der Waals surface area contributed by atoms with Crippen LogP contribution >= 0.6 is 0 Å². The van der Waals surface area contributed by atoms with E-state index in [-0.39, 0.29) is 12.3 Å². The highest BCUT2D eigenvalue weighted by molar-refractivity contribution is 7.89. The van der Waals surface area contributed by atoms with Crippen molar-refractivity contribution in [1.29, 1.82) is 0 Å². The van der Waals surface area contributed by atoms with E-state index in [1.807, 2.05) is 0 Å². The van der Waals surface area contributed by atoms with E-state index < -0.39 is 10.0 Å². The van der Waals surface area contributed by atoms with Gasteiger partial charge in [-0.1, -0.05) is 13.8 Å². The molecular weight excluding hydrogens is 338 g/mol. The quantitative estimate of drug-likeness (QED) is 0.794. The summed E-state index contributed by atoms with van der Waals surface area (Å²) in [6.45, 7) is 8.04. The Labute approximate surface area is 150 Å². The topological polar surface area (TPSA) is 60.9 Å². The number of carbonyl (C=O) groups excluding carboxylic acids is 1. The average molecular weight is 365 g/mol. The molecule has 2 heterocycles. The smallest absolute Gasteiger partial charge is 0.243 e. The van der Waals surface area contributed by atoms with Gasteiger partial charge in [0.05, 0.1) is 11.3 Å². The summed E-state index contributed by atoms with van der Waals surface area (Å²) >= 11 is 0. The number of piperazine rings is 1. The third kappa shape index (κ3) is 3.73. The van der Waals surface area contributed by atoms with Gasteiger partial charge >= 0.3 is 0 Å². The predicted octanol–water partition coefficient (Wildman–Crippen LogP) is 1.56. The van der Waals surface area contributed by atoms with Gasteiger partial charge in [0.2, 0.25) is 15.9 Å². The molecule has 2 aliphatic heterocycles. The molecule has 3 rings (SSSR count). The van der Waals surface area contributed by atoms with Gasteiger partial charge in [-0.15, -0.1) is 0 Å². The first-order valence-electron chi connectivity index (χ1n) is 8.91. The molecule has 1 aromatic rings. The van der Waals surface area contributed by atoms with Crippen LogP contribution < -0.4 is 4.90 Å². The van der Waals surface area contributed by atoms with Crippen LogP contribution in [0.4, 0.5) is 5.69 Å². The molecule has 0 aromatic heterocycles. The molecule has 0 saturated carbocycles. The predicted molar refractivity (Wildman–Crippen MR) is 98.2 cm³/mol. The number of hydrogen-bond donors (Lipinski definition) is 0. The number of hydrogen-bond acceptors (Lipinski definition) is 4. The fourth-order valence-electron chi connectivity index (χ4n) is 3.39. The Morgan fingerprint density at radius 3 is 2.44 bits per heavy atom. The number of likely N-dealkylation sites (N-methyl/N-ethyl adjacent to an activating group) is 1. The van der Waals surface area contributed by atoms with E-state index in [4.69, 9.17) is 0 Å². The Morgan fingerprint density at radius 1 is 1.12 bits per heavy atom. The van der Waals surface area contributed by atoms with Gasteiger partial charge in [-0.05, 0) is 42.6 Å². The molecule has 6 nitrogen and oxygen atoms in total. The van der Waals surface area contributed by atoms with Crippen molar-refractivity contribution in [2.45, 2.75) is 31.6 Å². The summed E-state index contributed by atoms with van der Waals surface area (Å²) in [6, 6.07) is 5.03. The van der Waals surface area contributed by atoms with Gasteiger partial charge in [-0.2, -0.15) is 4.31 Å².